The van der Waals surface area contributed by atoms with Gasteiger partial charge in [0.05, 0.1) is 12.4 Å². The van der Waals surface area contributed by atoms with E-state index in [2.05, 4.69) is 37.4 Å². The molecule has 2 saturated heterocycles. The number of carbonyl (C=O) groups excluding carboxylic acids is 2. The summed E-state index contributed by atoms with van der Waals surface area (Å²) in [5, 5.41) is 16.9. The molecular weight excluding hydrogens is 566 g/mol. The maximum absolute atomic E-state index is 12.8. The van der Waals surface area contributed by atoms with Crippen LogP contribution in [0.25, 0.3) is 11.2 Å². The van der Waals surface area contributed by atoms with Crippen LogP contribution in [0.1, 0.15) is 25.1 Å². The van der Waals surface area contributed by atoms with Crippen molar-refractivity contribution < 1.29 is 24.2 Å². The fraction of sp³-hybridized carbons (Fsp3) is 0.519. The lowest BCUT2D eigenvalue weighted by Gasteiger charge is -2.34. The predicted octanol–water partition coefficient (Wildman–Crippen LogP) is 0.356. The lowest BCUT2D eigenvalue weighted by Crippen LogP contribution is -2.50. The van der Waals surface area contributed by atoms with Crippen LogP contribution in [0.2, 0.25) is 5.02 Å². The topological polar surface area (TPSA) is 173 Å². The molecule has 0 spiro atoms. The second-order valence-electron chi connectivity index (χ2n) is 10.3. The number of piperazine rings is 1. The summed E-state index contributed by atoms with van der Waals surface area (Å²) in [5.74, 6) is 0.460. The fourth-order valence-corrected chi connectivity index (χ4v) is 5.44. The highest BCUT2D eigenvalue weighted by Gasteiger charge is 2.46. The van der Waals surface area contributed by atoms with E-state index in [4.69, 9.17) is 26.8 Å². The average molecular weight is 602 g/mol. The lowest BCUT2D eigenvalue weighted by molar-refractivity contribution is -0.135. The number of aliphatic hydroxyl groups is 1. The molecule has 42 heavy (non-hydrogen) atoms. The van der Waals surface area contributed by atoms with Crippen LogP contribution in [0.5, 0.6) is 5.75 Å². The lowest BCUT2D eigenvalue weighted by atomic mass is 10.1. The maximum atomic E-state index is 12.8. The molecule has 2 aliphatic rings. The standard InChI is InChI=1S/C27H36ClN9O5/c1-3-6-35-7-9-36(10-8-35)19(38)13-41-18-5-4-17(28)11-16(18)12-31-24-21-25(33-14-32-24)37(15-34-21)27-22(39)20(29)23(42-27)26(40)30-2/h4-5,11,14-15,20,22-23,27,39H,3,6-10,12-13,29H2,1-2H3,(H,30,40)(H,31,32,33)/t20-,22+,23-,27+/m0/s1. The smallest absolute Gasteiger partial charge is 0.260 e. The van der Waals surface area contributed by atoms with Crippen LogP contribution >= 0.6 is 11.6 Å². The Morgan fingerprint density at radius 2 is 2.00 bits per heavy atom. The number of likely N-dealkylation sites (N-methyl/N-ethyl adjacent to an activating group) is 1. The summed E-state index contributed by atoms with van der Waals surface area (Å²) in [6.07, 6.45) is 0.762. The van der Waals surface area contributed by atoms with Crippen LogP contribution in [0, 0.1) is 0 Å². The molecule has 0 bridgehead atoms. The van der Waals surface area contributed by atoms with Gasteiger partial charge in [0.25, 0.3) is 11.8 Å². The molecule has 2 fully saturated rings. The Labute approximate surface area is 248 Å². The van der Waals surface area contributed by atoms with Crippen molar-refractivity contribution in [3.05, 3.63) is 41.4 Å². The molecule has 2 amide bonds. The van der Waals surface area contributed by atoms with E-state index in [0.717, 1.165) is 31.6 Å². The van der Waals surface area contributed by atoms with Crippen molar-refractivity contribution in [3.63, 3.8) is 0 Å². The quantitative estimate of drug-likeness (QED) is 0.253. The number of imidazole rings is 1. The minimum atomic E-state index is -1.16. The second-order valence-corrected chi connectivity index (χ2v) is 10.7. The zero-order valence-corrected chi connectivity index (χ0v) is 24.3. The second kappa shape index (κ2) is 13.2. The summed E-state index contributed by atoms with van der Waals surface area (Å²) < 4.78 is 13.3. The van der Waals surface area contributed by atoms with Gasteiger partial charge in [-0.1, -0.05) is 18.5 Å². The summed E-state index contributed by atoms with van der Waals surface area (Å²) in [4.78, 5) is 42.2. The summed E-state index contributed by atoms with van der Waals surface area (Å²) in [6, 6.07) is 4.28. The molecule has 226 valence electrons. The van der Waals surface area contributed by atoms with Crippen molar-refractivity contribution in [2.24, 2.45) is 5.73 Å². The van der Waals surface area contributed by atoms with Crippen LogP contribution in [-0.2, 0) is 20.9 Å². The number of fused-ring (bicyclic) bond motifs is 1. The Bertz CT molecular complexity index is 1410. The summed E-state index contributed by atoms with van der Waals surface area (Å²) in [6.45, 7) is 6.50. The van der Waals surface area contributed by atoms with Crippen molar-refractivity contribution in [2.75, 3.05) is 51.7 Å². The number of benzene rings is 1. The largest absolute Gasteiger partial charge is 0.483 e. The van der Waals surface area contributed by atoms with Crippen LogP contribution in [0.15, 0.2) is 30.9 Å². The molecule has 0 radical (unpaired) electrons. The number of carbonyl (C=O) groups is 2. The average Bonchev–Trinajstić information content (AvgIpc) is 3.56. The van der Waals surface area contributed by atoms with Crippen molar-refractivity contribution in [3.8, 4) is 5.75 Å². The fourth-order valence-electron chi connectivity index (χ4n) is 5.24. The molecule has 2 aromatic heterocycles. The van der Waals surface area contributed by atoms with Gasteiger partial charge in [-0.25, -0.2) is 15.0 Å². The molecule has 15 heteroatoms. The zero-order chi connectivity index (χ0) is 29.8. The van der Waals surface area contributed by atoms with E-state index in [1.807, 2.05) is 4.90 Å². The Morgan fingerprint density at radius 1 is 1.21 bits per heavy atom. The van der Waals surface area contributed by atoms with Crippen LogP contribution in [0.4, 0.5) is 5.82 Å². The molecule has 14 nitrogen and oxygen atoms in total. The Hall–Kier alpha value is -3.56. The Balaban J connectivity index is 1.26. The van der Waals surface area contributed by atoms with Gasteiger partial charge in [-0.05, 0) is 31.2 Å². The number of hydrogen-bond donors (Lipinski definition) is 4. The van der Waals surface area contributed by atoms with E-state index in [1.165, 1.54) is 24.3 Å². The van der Waals surface area contributed by atoms with Gasteiger partial charge in [-0.2, -0.15) is 0 Å². The number of halogens is 1. The van der Waals surface area contributed by atoms with Gasteiger partial charge in [-0.3, -0.25) is 19.1 Å². The van der Waals surface area contributed by atoms with Crippen molar-refractivity contribution >= 4 is 40.4 Å². The van der Waals surface area contributed by atoms with Crippen LogP contribution in [-0.4, -0.2) is 111 Å². The number of aromatic nitrogens is 4. The number of rotatable bonds is 10. The van der Waals surface area contributed by atoms with Gasteiger partial charge in [0.15, 0.2) is 35.9 Å². The number of nitrogens with zero attached hydrogens (tertiary/aromatic N) is 6. The third kappa shape index (κ3) is 6.27. The normalized spacial score (nSPS) is 22.8. The van der Waals surface area contributed by atoms with Crippen molar-refractivity contribution in [1.82, 2.24) is 34.6 Å². The third-order valence-corrected chi connectivity index (χ3v) is 7.78. The van der Waals surface area contributed by atoms with Crippen molar-refractivity contribution in [2.45, 2.75) is 44.4 Å². The van der Waals surface area contributed by atoms with Gasteiger partial charge >= 0.3 is 0 Å². The number of ether oxygens (including phenoxy) is 2. The predicted molar refractivity (Wildman–Crippen MR) is 155 cm³/mol. The molecule has 5 N–H and O–H groups in total. The highest BCUT2D eigenvalue weighted by Crippen LogP contribution is 2.32. The zero-order valence-electron chi connectivity index (χ0n) is 23.6. The summed E-state index contributed by atoms with van der Waals surface area (Å²) in [5.41, 5.74) is 7.58. The molecule has 5 rings (SSSR count). The summed E-state index contributed by atoms with van der Waals surface area (Å²) >= 11 is 6.28. The molecule has 3 aromatic rings. The Morgan fingerprint density at radius 3 is 2.74 bits per heavy atom. The monoisotopic (exact) mass is 601 g/mol. The molecule has 0 unspecified atom stereocenters. The summed E-state index contributed by atoms with van der Waals surface area (Å²) in [7, 11) is 1.47. The minimum Gasteiger partial charge on any atom is -0.483 e. The van der Waals surface area contributed by atoms with E-state index in [-0.39, 0.29) is 19.1 Å². The maximum Gasteiger partial charge on any atom is 0.260 e. The van der Waals surface area contributed by atoms with Gasteiger partial charge in [0, 0.05) is 50.4 Å². The van der Waals surface area contributed by atoms with E-state index < -0.39 is 30.4 Å². The van der Waals surface area contributed by atoms with Crippen molar-refractivity contribution in [1.29, 1.82) is 0 Å². The highest BCUT2D eigenvalue weighted by molar-refractivity contribution is 6.30. The first-order valence-electron chi connectivity index (χ1n) is 13.9. The Kier molecular flexibility index (Phi) is 9.38. The number of anilines is 1. The molecule has 4 atom stereocenters. The number of hydrogen-bond acceptors (Lipinski definition) is 11. The first kappa shape index (κ1) is 29.9. The van der Waals surface area contributed by atoms with Gasteiger partial charge in [0.1, 0.15) is 18.2 Å². The van der Waals surface area contributed by atoms with E-state index >= 15 is 0 Å². The number of nitrogens with two attached hydrogens (primary N) is 1. The van der Waals surface area contributed by atoms with E-state index in [0.29, 0.717) is 40.8 Å². The molecule has 2 aliphatic heterocycles. The highest BCUT2D eigenvalue weighted by atomic mass is 35.5. The van der Waals surface area contributed by atoms with Gasteiger partial charge < -0.3 is 35.8 Å². The van der Waals surface area contributed by atoms with Gasteiger partial charge in [0.2, 0.25) is 0 Å². The van der Waals surface area contributed by atoms with Gasteiger partial charge in [-0.15, -0.1) is 0 Å². The first-order valence-corrected chi connectivity index (χ1v) is 14.3. The molecular formula is C27H36ClN9O5. The molecule has 4 heterocycles. The molecule has 1 aromatic carbocycles. The third-order valence-electron chi connectivity index (χ3n) is 7.54. The first-order chi connectivity index (χ1) is 20.3. The SMILES string of the molecule is CCCN1CCN(C(=O)COc2ccc(Cl)cc2CNc2ncnc3c2ncn3[C@@H]2O[C@H](C(=O)NC)[C@@H](N)[C@H]2O)CC1. The minimum absolute atomic E-state index is 0.0576. The molecule has 0 saturated carbocycles. The van der Waals surface area contributed by atoms with Crippen LogP contribution < -0.4 is 21.1 Å². The number of nitrogens with one attached hydrogen (secondary N) is 2. The number of aliphatic hydroxyl groups excluding tert-OH is 1. The molecule has 0 aliphatic carbocycles. The number of amides is 2. The van der Waals surface area contributed by atoms with E-state index in [1.54, 1.807) is 18.2 Å². The van der Waals surface area contributed by atoms with E-state index in [9.17, 15) is 14.7 Å². The van der Waals surface area contributed by atoms with Crippen LogP contribution in [0.3, 0.4) is 0 Å².